The molecule has 0 unspecified atom stereocenters. The van der Waals surface area contributed by atoms with E-state index in [0.717, 1.165) is 6.07 Å². The van der Waals surface area contributed by atoms with E-state index in [-0.39, 0.29) is 0 Å². The fourth-order valence-corrected chi connectivity index (χ4v) is 1.50. The van der Waals surface area contributed by atoms with Crippen LogP contribution in [0.4, 0.5) is 5.69 Å². The second kappa shape index (κ2) is 6.24. The number of pyridine rings is 1. The molecule has 0 aliphatic carbocycles. The van der Waals surface area contributed by atoms with Crippen LogP contribution in [0, 0.1) is 10.1 Å². The van der Waals surface area contributed by atoms with Gasteiger partial charge in [0.05, 0.1) is 16.7 Å². The first-order valence-electron chi connectivity index (χ1n) is 5.79. The molecule has 0 aliphatic rings. The Kier molecular flexibility index (Phi) is 4.20. The predicted molar refractivity (Wildman–Crippen MR) is 74.1 cm³/mol. The van der Waals surface area contributed by atoms with Gasteiger partial charge in [0.2, 0.25) is 0 Å². The molecule has 1 amide bonds. The average Bonchev–Trinajstić information content (AvgIpc) is 2.47. The maximum Gasteiger partial charge on any atom is 0.310 e. The first-order valence-corrected chi connectivity index (χ1v) is 5.79. The summed E-state index contributed by atoms with van der Waals surface area (Å²) >= 11 is 0. The van der Waals surface area contributed by atoms with Crippen LogP contribution in [-0.2, 0) is 0 Å². The minimum atomic E-state index is -0.694. The second-order valence-corrected chi connectivity index (χ2v) is 3.95. The lowest BCUT2D eigenvalue weighted by Crippen LogP contribution is -2.17. The van der Waals surface area contributed by atoms with Gasteiger partial charge in [0.1, 0.15) is 0 Å². The molecule has 0 spiro atoms. The lowest BCUT2D eigenvalue weighted by atomic mass is 10.2. The Bertz CT molecular complexity index is 701. The van der Waals surface area contributed by atoms with Crippen LogP contribution in [0.2, 0.25) is 0 Å². The van der Waals surface area contributed by atoms with E-state index in [9.17, 15) is 20.0 Å². The molecule has 1 aromatic carbocycles. The van der Waals surface area contributed by atoms with E-state index < -0.39 is 22.3 Å². The molecule has 0 atom stereocenters. The number of aromatic hydroxyl groups is 1. The molecule has 106 valence electrons. The average molecular weight is 286 g/mol. The molecule has 0 aliphatic heterocycles. The molecular formula is C13H10N4O4. The first kappa shape index (κ1) is 14.1. The van der Waals surface area contributed by atoms with Crippen molar-refractivity contribution in [2.45, 2.75) is 0 Å². The summed E-state index contributed by atoms with van der Waals surface area (Å²) in [5.41, 5.74) is 2.64. The molecule has 0 saturated carbocycles. The zero-order valence-corrected chi connectivity index (χ0v) is 10.6. The van der Waals surface area contributed by atoms with Crippen LogP contribution < -0.4 is 5.43 Å². The molecule has 0 fully saturated rings. The van der Waals surface area contributed by atoms with Crippen LogP contribution in [0.5, 0.6) is 5.75 Å². The highest BCUT2D eigenvalue weighted by Crippen LogP contribution is 2.25. The maximum atomic E-state index is 11.6. The first-order chi connectivity index (χ1) is 10.1. The largest absolute Gasteiger partial charge is 0.502 e. The van der Waals surface area contributed by atoms with E-state index >= 15 is 0 Å². The molecule has 1 heterocycles. The molecule has 21 heavy (non-hydrogen) atoms. The number of hydrazone groups is 1. The van der Waals surface area contributed by atoms with Gasteiger partial charge in [-0.2, -0.15) is 5.10 Å². The number of nitro benzene ring substituents is 1. The number of hydrogen-bond acceptors (Lipinski definition) is 6. The number of benzene rings is 1. The van der Waals surface area contributed by atoms with Crippen LogP contribution >= 0.6 is 0 Å². The van der Waals surface area contributed by atoms with Crippen molar-refractivity contribution in [3.63, 3.8) is 0 Å². The molecule has 2 N–H and O–H groups in total. The Morgan fingerprint density at radius 3 is 2.86 bits per heavy atom. The third-order valence-electron chi connectivity index (χ3n) is 2.50. The van der Waals surface area contributed by atoms with Crippen molar-refractivity contribution in [3.8, 4) is 5.75 Å². The molecule has 2 aromatic rings. The summed E-state index contributed by atoms with van der Waals surface area (Å²) in [5, 5.41) is 23.7. The Morgan fingerprint density at radius 1 is 1.43 bits per heavy atom. The highest BCUT2D eigenvalue weighted by atomic mass is 16.6. The number of rotatable bonds is 4. The highest BCUT2D eigenvalue weighted by molar-refractivity contribution is 5.94. The van der Waals surface area contributed by atoms with Gasteiger partial charge < -0.3 is 5.11 Å². The van der Waals surface area contributed by atoms with E-state index in [1.165, 1.54) is 24.5 Å². The minimum absolute atomic E-state index is 0.348. The van der Waals surface area contributed by atoms with E-state index in [4.69, 9.17) is 0 Å². The monoisotopic (exact) mass is 286 g/mol. The highest BCUT2D eigenvalue weighted by Gasteiger charge is 2.12. The van der Waals surface area contributed by atoms with Gasteiger partial charge in [-0.15, -0.1) is 0 Å². The summed E-state index contributed by atoms with van der Waals surface area (Å²) in [6.45, 7) is 0. The van der Waals surface area contributed by atoms with Gasteiger partial charge in [0.15, 0.2) is 5.75 Å². The van der Waals surface area contributed by atoms with E-state index in [2.05, 4.69) is 15.5 Å². The third kappa shape index (κ3) is 3.60. The Hall–Kier alpha value is -3.29. The van der Waals surface area contributed by atoms with Crippen LogP contribution in [0.3, 0.4) is 0 Å². The standard InChI is InChI=1S/C13H10N4O4/c18-12-6-9(3-4-11(12)17(20)21)7-15-16-13(19)10-2-1-5-14-8-10/h1-8,18H,(H,16,19). The summed E-state index contributed by atoms with van der Waals surface area (Å²) in [6.07, 6.45) is 4.19. The molecule has 8 heteroatoms. The number of carbonyl (C=O) groups excluding carboxylic acids is 1. The number of amides is 1. The summed E-state index contributed by atoms with van der Waals surface area (Å²) < 4.78 is 0. The van der Waals surface area contributed by atoms with Gasteiger partial charge in [-0.3, -0.25) is 19.9 Å². The molecule has 8 nitrogen and oxygen atoms in total. The number of phenols is 1. The summed E-state index contributed by atoms with van der Waals surface area (Å²) in [4.78, 5) is 25.3. The normalized spacial score (nSPS) is 10.5. The van der Waals surface area contributed by atoms with E-state index in [0.29, 0.717) is 11.1 Å². The van der Waals surface area contributed by atoms with Crippen LogP contribution in [0.1, 0.15) is 15.9 Å². The topological polar surface area (TPSA) is 118 Å². The van der Waals surface area contributed by atoms with Gasteiger partial charge in [-0.1, -0.05) is 0 Å². The zero-order chi connectivity index (χ0) is 15.2. The molecule has 1 aromatic heterocycles. The number of nitro groups is 1. The van der Waals surface area contributed by atoms with Gasteiger partial charge in [0.25, 0.3) is 5.91 Å². The molecule has 2 rings (SSSR count). The van der Waals surface area contributed by atoms with Gasteiger partial charge in [-0.05, 0) is 29.8 Å². The van der Waals surface area contributed by atoms with Crippen molar-refractivity contribution in [3.05, 3.63) is 64.0 Å². The summed E-state index contributed by atoms with van der Waals surface area (Å²) in [6, 6.07) is 6.93. The number of nitrogens with one attached hydrogen (secondary N) is 1. The number of hydrogen-bond donors (Lipinski definition) is 2. The molecule has 0 radical (unpaired) electrons. The minimum Gasteiger partial charge on any atom is -0.502 e. The van der Waals surface area contributed by atoms with Crippen LogP contribution in [-0.4, -0.2) is 27.1 Å². The van der Waals surface area contributed by atoms with Gasteiger partial charge in [0, 0.05) is 18.5 Å². The van der Waals surface area contributed by atoms with Crippen molar-refractivity contribution in [1.82, 2.24) is 10.4 Å². The lowest BCUT2D eigenvalue weighted by Gasteiger charge is -1.99. The van der Waals surface area contributed by atoms with Crippen LogP contribution in [0.15, 0.2) is 47.8 Å². The Labute approximate surface area is 118 Å². The molecular weight excluding hydrogens is 276 g/mol. The van der Waals surface area contributed by atoms with Crippen molar-refractivity contribution < 1.29 is 14.8 Å². The SMILES string of the molecule is O=C(NN=Cc1ccc([N+](=O)[O-])c(O)c1)c1cccnc1. The summed E-state index contributed by atoms with van der Waals surface area (Å²) in [5.74, 6) is -0.909. The molecule has 0 bridgehead atoms. The van der Waals surface area contributed by atoms with E-state index in [1.54, 1.807) is 18.3 Å². The predicted octanol–water partition coefficient (Wildman–Crippen LogP) is 1.46. The Morgan fingerprint density at radius 2 is 2.24 bits per heavy atom. The maximum absolute atomic E-state index is 11.6. The van der Waals surface area contributed by atoms with E-state index in [1.807, 2.05) is 0 Å². The zero-order valence-electron chi connectivity index (χ0n) is 10.6. The molecule has 0 saturated heterocycles. The van der Waals surface area contributed by atoms with Gasteiger partial charge >= 0.3 is 5.69 Å². The van der Waals surface area contributed by atoms with Crippen molar-refractivity contribution >= 4 is 17.8 Å². The smallest absolute Gasteiger partial charge is 0.310 e. The number of nitrogens with zero attached hydrogens (tertiary/aromatic N) is 3. The number of aromatic nitrogens is 1. The second-order valence-electron chi connectivity index (χ2n) is 3.95. The third-order valence-corrected chi connectivity index (χ3v) is 2.50. The quantitative estimate of drug-likeness (QED) is 0.501. The Balaban J connectivity index is 2.03. The van der Waals surface area contributed by atoms with Crippen molar-refractivity contribution in [2.75, 3.05) is 0 Å². The fraction of sp³-hybridized carbons (Fsp3) is 0. The fourth-order valence-electron chi connectivity index (χ4n) is 1.50. The lowest BCUT2D eigenvalue weighted by molar-refractivity contribution is -0.385. The van der Waals surface area contributed by atoms with Crippen molar-refractivity contribution in [1.29, 1.82) is 0 Å². The number of carbonyl (C=O) groups is 1. The van der Waals surface area contributed by atoms with Crippen molar-refractivity contribution in [2.24, 2.45) is 5.10 Å². The summed E-state index contributed by atoms with van der Waals surface area (Å²) in [7, 11) is 0. The number of phenolic OH excluding ortho intramolecular Hbond substituents is 1. The van der Waals surface area contributed by atoms with Crippen LogP contribution in [0.25, 0.3) is 0 Å². The van der Waals surface area contributed by atoms with Gasteiger partial charge in [-0.25, -0.2) is 5.43 Å².